The number of phenolic OH excluding ortho intramolecular Hbond substituents is 2. The van der Waals surface area contributed by atoms with E-state index in [4.69, 9.17) is 18.9 Å². The Morgan fingerprint density at radius 2 is 1.24 bits per heavy atom. The zero-order chi connectivity index (χ0) is 42.6. The minimum absolute atomic E-state index is 0.0132. The maximum atomic E-state index is 14.1. The highest BCUT2D eigenvalue weighted by Gasteiger charge is 2.36. The van der Waals surface area contributed by atoms with Gasteiger partial charge in [-0.15, -0.1) is 0 Å². The average Bonchev–Trinajstić information content (AvgIpc) is 3.20. The highest BCUT2D eigenvalue weighted by atomic mass is 16.6. The number of nitrogens with zero attached hydrogens (tertiary/aromatic N) is 2. The predicted octanol–water partition coefficient (Wildman–Crippen LogP) is 6.30. The minimum atomic E-state index is -0.763. The van der Waals surface area contributed by atoms with Gasteiger partial charge in [-0.1, -0.05) is 5.76 Å². The Kier molecular flexibility index (Phi) is 13.2. The monoisotopic (exact) mass is 792 g/mol. The third kappa shape index (κ3) is 8.51. The molecule has 0 saturated carbocycles. The Morgan fingerprint density at radius 3 is 1.74 bits per heavy atom. The number of rotatable bonds is 14. The average molecular weight is 793 g/mol. The number of aryl methyl sites for hydroxylation is 2. The van der Waals surface area contributed by atoms with Crippen LogP contribution in [-0.2, 0) is 19.1 Å². The number of benzene rings is 3. The third-order valence-corrected chi connectivity index (χ3v) is 10.8. The first-order chi connectivity index (χ1) is 27.6. The van der Waals surface area contributed by atoms with Crippen LogP contribution in [0.5, 0.6) is 28.7 Å². The van der Waals surface area contributed by atoms with Gasteiger partial charge >= 0.3 is 11.9 Å². The van der Waals surface area contributed by atoms with Gasteiger partial charge in [0, 0.05) is 53.2 Å². The molecule has 0 atom stereocenters. The highest BCUT2D eigenvalue weighted by Crippen LogP contribution is 2.43. The first-order valence-corrected chi connectivity index (χ1v) is 19.4. The lowest BCUT2D eigenvalue weighted by Crippen LogP contribution is -2.32. The van der Waals surface area contributed by atoms with Crippen molar-refractivity contribution < 1.29 is 53.2 Å². The number of hydrogen-bond acceptors (Lipinski definition) is 11. The van der Waals surface area contributed by atoms with Gasteiger partial charge in [-0.2, -0.15) is 0 Å². The number of allylic oxidation sites excluding steroid dienone is 5. The van der Waals surface area contributed by atoms with Crippen molar-refractivity contribution >= 4 is 34.7 Å². The normalized spacial score (nSPS) is 14.9. The van der Waals surface area contributed by atoms with Crippen molar-refractivity contribution in [3.8, 4) is 28.7 Å². The fourth-order valence-corrected chi connectivity index (χ4v) is 7.00. The number of esters is 2. The second-order valence-electron chi connectivity index (χ2n) is 14.2. The van der Waals surface area contributed by atoms with Crippen LogP contribution in [0.3, 0.4) is 0 Å². The van der Waals surface area contributed by atoms with Gasteiger partial charge in [0.05, 0.1) is 6.08 Å². The molecule has 306 valence electrons. The predicted molar refractivity (Wildman–Crippen MR) is 220 cm³/mol. The largest absolute Gasteiger partial charge is 0.871 e. The highest BCUT2D eigenvalue weighted by molar-refractivity contribution is 6.40. The molecule has 3 aromatic rings. The lowest BCUT2D eigenvalue weighted by atomic mass is 9.79. The van der Waals surface area contributed by atoms with E-state index in [0.717, 1.165) is 11.4 Å². The molecule has 58 heavy (non-hydrogen) atoms. The molecule has 5 rings (SSSR count). The summed E-state index contributed by atoms with van der Waals surface area (Å²) >= 11 is 0. The van der Waals surface area contributed by atoms with Gasteiger partial charge < -0.3 is 39.2 Å². The zero-order valence-corrected chi connectivity index (χ0v) is 34.9. The molecule has 0 fully saturated rings. The third-order valence-electron chi connectivity index (χ3n) is 10.8. The number of carbonyl (C=O) groups excluding carboxylic acids is 3. The van der Waals surface area contributed by atoms with Crippen LogP contribution in [0, 0.1) is 41.5 Å². The van der Waals surface area contributed by atoms with Crippen molar-refractivity contribution in [3.05, 3.63) is 110 Å². The Labute approximate surface area is 339 Å². The van der Waals surface area contributed by atoms with Crippen LogP contribution in [0.2, 0.25) is 0 Å². The van der Waals surface area contributed by atoms with Crippen molar-refractivity contribution in [2.24, 2.45) is 0 Å². The van der Waals surface area contributed by atoms with Gasteiger partial charge in [0.15, 0.2) is 19.0 Å². The summed E-state index contributed by atoms with van der Waals surface area (Å²) in [5, 5.41) is 34.7. The lowest BCUT2D eigenvalue weighted by molar-refractivity contribution is -0.519. The molecule has 2 aliphatic rings. The summed E-state index contributed by atoms with van der Waals surface area (Å²) < 4.78 is 25.3. The van der Waals surface area contributed by atoms with Crippen molar-refractivity contribution in [2.45, 2.75) is 69.2 Å². The summed E-state index contributed by atoms with van der Waals surface area (Å²) in [6.07, 6.45) is 4.97. The van der Waals surface area contributed by atoms with E-state index in [2.05, 4.69) is 0 Å². The molecule has 2 aliphatic carbocycles. The summed E-state index contributed by atoms with van der Waals surface area (Å²) in [7, 11) is 0. The molecule has 12 nitrogen and oxygen atoms in total. The molecule has 0 amide bonds. The van der Waals surface area contributed by atoms with Crippen LogP contribution < -0.4 is 24.2 Å². The van der Waals surface area contributed by atoms with Crippen LogP contribution >= 0.6 is 0 Å². The summed E-state index contributed by atoms with van der Waals surface area (Å²) in [4.78, 5) is 42.8. The summed E-state index contributed by atoms with van der Waals surface area (Å²) in [6.45, 7) is 20.1. The number of anilines is 1. The number of phenols is 2. The number of Topliss-reactive ketones (excluding diaryl/α,β-unsaturated/α-hetero) is 1. The minimum Gasteiger partial charge on any atom is -0.871 e. The van der Waals surface area contributed by atoms with E-state index in [9.17, 15) is 29.7 Å². The van der Waals surface area contributed by atoms with Crippen LogP contribution in [0.25, 0.3) is 5.57 Å². The van der Waals surface area contributed by atoms with Crippen molar-refractivity contribution in [1.29, 1.82) is 0 Å². The molecule has 0 saturated heterocycles. The topological polar surface area (TPSA) is 158 Å². The standard InChI is InChI=1S/C46H52N2O10/c1-11-47(12-2)31-15-17-33(37(21-31)57-39(49)23-55-35-19-25(5)43(51)29(9)27(35)7)41-45(53)42(46(41)54)34-18-16-32(48(13-3)14-4)22-38(34)58-40(50)24-56-36-20-26(6)44(52)30(10)28(36)8/h15-22H,11-14,23-24H2,1-10H3,(H2-,51,52,53,54). The van der Waals surface area contributed by atoms with E-state index in [-0.39, 0.29) is 45.3 Å². The van der Waals surface area contributed by atoms with Crippen molar-refractivity contribution in [3.63, 3.8) is 0 Å². The van der Waals surface area contributed by atoms with E-state index in [1.54, 1.807) is 90.1 Å². The fraction of sp³-hybridized carbons (Fsp3) is 0.348. The van der Waals surface area contributed by atoms with Crippen LogP contribution in [0.1, 0.15) is 66.6 Å². The maximum absolute atomic E-state index is 14.1. The Balaban J connectivity index is 1.49. The molecule has 12 heteroatoms. The fourth-order valence-electron chi connectivity index (χ4n) is 7.00. The van der Waals surface area contributed by atoms with Gasteiger partial charge in [-0.05, 0) is 133 Å². The SMILES string of the molecule is CCN(CC)c1ccc(C2=C([O-])/C(=C3\C=CC(=[N+](CC)CC)C=C3OC(=O)COc3cc(C)c(O)c(C)c3C)C2=O)c(OC(=O)COc2cc(C)c(O)c(C)c2C)c1. The number of ether oxygens (including phenoxy) is 4. The summed E-state index contributed by atoms with van der Waals surface area (Å²) in [5.74, 6) is -1.58. The Bertz CT molecular complexity index is 2330. The van der Waals surface area contributed by atoms with E-state index in [1.807, 2.05) is 37.2 Å². The Morgan fingerprint density at radius 1 is 0.707 bits per heavy atom. The van der Waals surface area contributed by atoms with Crippen molar-refractivity contribution in [1.82, 2.24) is 0 Å². The molecular weight excluding hydrogens is 741 g/mol. The zero-order valence-electron chi connectivity index (χ0n) is 34.9. The lowest BCUT2D eigenvalue weighted by Gasteiger charge is -2.34. The molecule has 0 unspecified atom stereocenters. The smallest absolute Gasteiger partial charge is 0.349 e. The van der Waals surface area contributed by atoms with Crippen LogP contribution in [0.15, 0.2) is 71.2 Å². The molecular formula is C46H52N2O10. The quantitative estimate of drug-likeness (QED) is 0.0818. The molecule has 0 aliphatic heterocycles. The number of aromatic hydroxyl groups is 2. The number of carbonyl (C=O) groups is 3. The first-order valence-electron chi connectivity index (χ1n) is 19.4. The first kappa shape index (κ1) is 42.8. The molecule has 0 bridgehead atoms. The van der Waals surface area contributed by atoms with E-state index < -0.39 is 36.7 Å². The molecule has 0 radical (unpaired) electrons. The number of ketones is 1. The second kappa shape index (κ2) is 17.9. The van der Waals surface area contributed by atoms with Gasteiger partial charge in [0.2, 0.25) is 5.71 Å². The van der Waals surface area contributed by atoms with Gasteiger partial charge in [0.1, 0.15) is 47.6 Å². The Hall–Kier alpha value is -6.30. The van der Waals surface area contributed by atoms with Crippen molar-refractivity contribution in [2.75, 3.05) is 44.3 Å². The van der Waals surface area contributed by atoms with Gasteiger partial charge in [-0.25, -0.2) is 14.2 Å². The molecule has 2 N–H and O–H groups in total. The summed E-state index contributed by atoms with van der Waals surface area (Å²) in [5.41, 5.74) is 5.15. The van der Waals surface area contributed by atoms with Crippen LogP contribution in [0.4, 0.5) is 5.69 Å². The molecule has 0 spiro atoms. The summed E-state index contributed by atoms with van der Waals surface area (Å²) in [6, 6.07) is 8.25. The van der Waals surface area contributed by atoms with E-state index in [0.29, 0.717) is 71.1 Å². The molecule has 0 heterocycles. The van der Waals surface area contributed by atoms with E-state index >= 15 is 0 Å². The van der Waals surface area contributed by atoms with Gasteiger partial charge in [0.25, 0.3) is 0 Å². The maximum Gasteiger partial charge on any atom is 0.349 e. The second-order valence-corrected chi connectivity index (χ2v) is 14.2. The molecule has 0 aromatic heterocycles. The van der Waals surface area contributed by atoms with Crippen LogP contribution in [-0.4, -0.2) is 77.6 Å². The molecule has 3 aromatic carbocycles. The van der Waals surface area contributed by atoms with Gasteiger partial charge in [-0.3, -0.25) is 4.79 Å². The van der Waals surface area contributed by atoms with E-state index in [1.165, 1.54) is 0 Å². The number of hydrogen-bond donors (Lipinski definition) is 2.